The Balaban J connectivity index is 1.64. The van der Waals surface area contributed by atoms with E-state index >= 15 is 0 Å². The number of benzene rings is 1. The Kier molecular flexibility index (Phi) is 6.14. The number of hydrogen-bond acceptors (Lipinski definition) is 3. The van der Waals surface area contributed by atoms with Crippen LogP contribution in [-0.4, -0.2) is 23.3 Å². The molecule has 0 bridgehead atoms. The van der Waals surface area contributed by atoms with Gasteiger partial charge in [0, 0.05) is 13.0 Å². The fraction of sp³-hybridized carbons (Fsp3) is 0.500. The molecule has 2 amide bonds. The van der Waals surface area contributed by atoms with Gasteiger partial charge in [-0.2, -0.15) is 5.26 Å². The maximum Gasteiger partial charge on any atom is 0.261 e. The summed E-state index contributed by atoms with van der Waals surface area (Å²) in [7, 11) is 0. The maximum absolute atomic E-state index is 12.2. The predicted molar refractivity (Wildman–Crippen MR) is 84.4 cm³/mol. The number of nitriles is 1. The van der Waals surface area contributed by atoms with Crippen LogP contribution in [0.5, 0.6) is 0 Å². The highest BCUT2D eigenvalue weighted by Gasteiger charge is 2.34. The lowest BCUT2D eigenvalue weighted by Crippen LogP contribution is -2.30. The molecule has 4 nitrogen and oxygen atoms in total. The first kappa shape index (κ1) is 16.2. The summed E-state index contributed by atoms with van der Waals surface area (Å²) in [4.78, 5) is 25.7. The van der Waals surface area contributed by atoms with Gasteiger partial charge in [0.15, 0.2) is 0 Å². The second kappa shape index (κ2) is 8.33. The molecule has 1 heterocycles. The van der Waals surface area contributed by atoms with E-state index in [2.05, 4.69) is 6.07 Å². The molecule has 1 aromatic carbocycles. The summed E-state index contributed by atoms with van der Waals surface area (Å²) >= 11 is 0. The van der Waals surface area contributed by atoms with Crippen LogP contribution in [0.3, 0.4) is 0 Å². The fourth-order valence-electron chi connectivity index (χ4n) is 2.80. The fourth-order valence-corrected chi connectivity index (χ4v) is 2.80. The van der Waals surface area contributed by atoms with Gasteiger partial charge in [-0.25, -0.2) is 0 Å². The molecule has 0 fully saturated rings. The number of unbranched alkanes of at least 4 members (excludes halogenated alkanes) is 7. The lowest BCUT2D eigenvalue weighted by molar-refractivity contribution is 0.0651. The number of carbonyl (C=O) groups excluding carboxylic acids is 2. The van der Waals surface area contributed by atoms with Crippen LogP contribution in [0.1, 0.15) is 72.1 Å². The van der Waals surface area contributed by atoms with Crippen LogP contribution in [0.4, 0.5) is 0 Å². The first-order valence-corrected chi connectivity index (χ1v) is 8.08. The molecule has 0 saturated carbocycles. The van der Waals surface area contributed by atoms with Crippen molar-refractivity contribution in [3.05, 3.63) is 35.4 Å². The largest absolute Gasteiger partial charge is 0.274 e. The van der Waals surface area contributed by atoms with Crippen molar-refractivity contribution in [1.29, 1.82) is 5.26 Å². The highest BCUT2D eigenvalue weighted by molar-refractivity contribution is 6.21. The lowest BCUT2D eigenvalue weighted by atomic mass is 10.1. The Labute approximate surface area is 131 Å². The van der Waals surface area contributed by atoms with Crippen LogP contribution in [-0.2, 0) is 0 Å². The van der Waals surface area contributed by atoms with Crippen molar-refractivity contribution in [2.75, 3.05) is 6.54 Å². The standard InChI is InChI=1S/C18H22N2O2/c19-13-9-5-3-1-2-4-6-10-14-20-17(21)15-11-7-8-12-16(15)18(20)22/h7-8,11-12H,1-6,9-10,14H2. The molecule has 0 saturated heterocycles. The third kappa shape index (κ3) is 3.94. The number of hydrogen-bond donors (Lipinski definition) is 0. The topological polar surface area (TPSA) is 61.2 Å². The van der Waals surface area contributed by atoms with Gasteiger partial charge in [-0.3, -0.25) is 14.5 Å². The molecular weight excluding hydrogens is 276 g/mol. The van der Waals surface area contributed by atoms with Crippen molar-refractivity contribution in [3.63, 3.8) is 0 Å². The molecule has 0 N–H and O–H groups in total. The second-order valence-electron chi connectivity index (χ2n) is 5.69. The Morgan fingerprint density at radius 2 is 1.32 bits per heavy atom. The van der Waals surface area contributed by atoms with E-state index in [-0.39, 0.29) is 11.8 Å². The summed E-state index contributed by atoms with van der Waals surface area (Å²) < 4.78 is 0. The van der Waals surface area contributed by atoms with Crippen molar-refractivity contribution >= 4 is 11.8 Å². The predicted octanol–water partition coefficient (Wildman–Crippen LogP) is 3.93. The summed E-state index contributed by atoms with van der Waals surface area (Å²) in [6.07, 6.45) is 8.10. The number of fused-ring (bicyclic) bond motifs is 1. The Morgan fingerprint density at radius 1 is 0.818 bits per heavy atom. The maximum atomic E-state index is 12.2. The molecule has 0 spiro atoms. The molecule has 0 unspecified atom stereocenters. The van der Waals surface area contributed by atoms with Gasteiger partial charge in [0.2, 0.25) is 0 Å². The summed E-state index contributed by atoms with van der Waals surface area (Å²) in [5.74, 6) is -0.311. The summed E-state index contributed by atoms with van der Waals surface area (Å²) in [5.41, 5.74) is 1.06. The zero-order chi connectivity index (χ0) is 15.8. The first-order chi connectivity index (χ1) is 10.8. The van der Waals surface area contributed by atoms with Crippen LogP contribution in [0, 0.1) is 11.3 Å². The van der Waals surface area contributed by atoms with Gasteiger partial charge in [-0.1, -0.05) is 44.2 Å². The molecule has 116 valence electrons. The molecule has 1 aliphatic heterocycles. The van der Waals surface area contributed by atoms with Gasteiger partial charge in [-0.15, -0.1) is 0 Å². The van der Waals surface area contributed by atoms with E-state index in [4.69, 9.17) is 5.26 Å². The molecule has 1 aromatic rings. The zero-order valence-corrected chi connectivity index (χ0v) is 12.9. The second-order valence-corrected chi connectivity index (χ2v) is 5.69. The third-order valence-electron chi connectivity index (χ3n) is 4.05. The Bertz CT molecular complexity index is 540. The van der Waals surface area contributed by atoms with E-state index in [1.807, 2.05) is 0 Å². The van der Waals surface area contributed by atoms with Gasteiger partial charge in [0.1, 0.15) is 0 Å². The monoisotopic (exact) mass is 298 g/mol. The number of carbonyl (C=O) groups is 2. The van der Waals surface area contributed by atoms with E-state index in [0.717, 1.165) is 44.9 Å². The van der Waals surface area contributed by atoms with Gasteiger partial charge < -0.3 is 0 Å². The quantitative estimate of drug-likeness (QED) is 0.512. The molecule has 0 aromatic heterocycles. The van der Waals surface area contributed by atoms with Crippen molar-refractivity contribution < 1.29 is 9.59 Å². The van der Waals surface area contributed by atoms with Crippen LogP contribution >= 0.6 is 0 Å². The number of amides is 2. The van der Waals surface area contributed by atoms with Gasteiger partial charge in [-0.05, 0) is 25.0 Å². The lowest BCUT2D eigenvalue weighted by Gasteiger charge is -2.13. The molecular formula is C18H22N2O2. The molecule has 0 atom stereocenters. The highest BCUT2D eigenvalue weighted by Crippen LogP contribution is 2.22. The Morgan fingerprint density at radius 3 is 1.86 bits per heavy atom. The van der Waals surface area contributed by atoms with E-state index in [1.54, 1.807) is 24.3 Å². The average molecular weight is 298 g/mol. The van der Waals surface area contributed by atoms with Crippen LogP contribution in [0.15, 0.2) is 24.3 Å². The minimum atomic E-state index is -0.155. The number of nitrogens with zero attached hydrogens (tertiary/aromatic N) is 2. The van der Waals surface area contributed by atoms with Crippen molar-refractivity contribution in [3.8, 4) is 6.07 Å². The van der Waals surface area contributed by atoms with E-state index < -0.39 is 0 Å². The van der Waals surface area contributed by atoms with Crippen LogP contribution < -0.4 is 0 Å². The Hall–Kier alpha value is -2.15. The van der Waals surface area contributed by atoms with E-state index in [0.29, 0.717) is 24.1 Å². The van der Waals surface area contributed by atoms with Gasteiger partial charge >= 0.3 is 0 Å². The minimum Gasteiger partial charge on any atom is -0.274 e. The highest BCUT2D eigenvalue weighted by atomic mass is 16.2. The normalized spacial score (nSPS) is 13.3. The molecule has 1 aliphatic rings. The molecule has 2 rings (SSSR count). The number of rotatable bonds is 9. The van der Waals surface area contributed by atoms with E-state index in [1.165, 1.54) is 4.90 Å². The van der Waals surface area contributed by atoms with Crippen molar-refractivity contribution in [1.82, 2.24) is 4.90 Å². The van der Waals surface area contributed by atoms with Crippen LogP contribution in [0.2, 0.25) is 0 Å². The third-order valence-corrected chi connectivity index (χ3v) is 4.05. The smallest absolute Gasteiger partial charge is 0.261 e. The molecule has 22 heavy (non-hydrogen) atoms. The van der Waals surface area contributed by atoms with Crippen molar-refractivity contribution in [2.24, 2.45) is 0 Å². The number of imide groups is 1. The molecule has 0 aliphatic carbocycles. The van der Waals surface area contributed by atoms with Crippen LogP contribution in [0.25, 0.3) is 0 Å². The molecule has 4 heteroatoms. The average Bonchev–Trinajstić information content (AvgIpc) is 2.78. The summed E-state index contributed by atoms with van der Waals surface area (Å²) in [6, 6.07) is 9.18. The summed E-state index contributed by atoms with van der Waals surface area (Å²) in [5, 5.41) is 8.44. The molecule has 0 radical (unpaired) electrons. The SMILES string of the molecule is N#CCCCCCCCCCN1C(=O)c2ccccc2C1=O. The van der Waals surface area contributed by atoms with Gasteiger partial charge in [0.05, 0.1) is 17.2 Å². The summed E-state index contributed by atoms with van der Waals surface area (Å²) in [6.45, 7) is 0.515. The van der Waals surface area contributed by atoms with E-state index in [9.17, 15) is 9.59 Å². The first-order valence-electron chi connectivity index (χ1n) is 8.08. The minimum absolute atomic E-state index is 0.155. The zero-order valence-electron chi connectivity index (χ0n) is 12.9. The van der Waals surface area contributed by atoms with Crippen molar-refractivity contribution in [2.45, 2.75) is 51.4 Å². The van der Waals surface area contributed by atoms with Gasteiger partial charge in [0.25, 0.3) is 11.8 Å².